The van der Waals surface area contributed by atoms with Crippen LogP contribution in [0, 0.1) is 0 Å². The summed E-state index contributed by atoms with van der Waals surface area (Å²) in [6.45, 7) is -0.156. The number of rotatable bonds is 5. The van der Waals surface area contributed by atoms with Gasteiger partial charge in [-0.1, -0.05) is 23.2 Å². The summed E-state index contributed by atoms with van der Waals surface area (Å²) in [5, 5.41) is 2.60. The number of carbonyl (C=O) groups excluding carboxylic acids is 1. The Kier molecular flexibility index (Phi) is 6.66. The van der Waals surface area contributed by atoms with Crippen LogP contribution >= 0.6 is 23.2 Å². The highest BCUT2D eigenvalue weighted by atomic mass is 35.5. The van der Waals surface area contributed by atoms with Gasteiger partial charge in [-0.15, -0.1) is 0 Å². The first kappa shape index (κ1) is 23.8. The van der Waals surface area contributed by atoms with Gasteiger partial charge in [-0.25, -0.2) is 0 Å². The van der Waals surface area contributed by atoms with E-state index < -0.39 is 35.1 Å². The van der Waals surface area contributed by atoms with Gasteiger partial charge in [0, 0.05) is 10.7 Å². The van der Waals surface area contributed by atoms with Gasteiger partial charge < -0.3 is 14.5 Å². The van der Waals surface area contributed by atoms with Crippen LogP contribution in [-0.4, -0.2) is 5.91 Å². The van der Waals surface area contributed by atoms with E-state index in [0.29, 0.717) is 17.2 Å². The fourth-order valence-electron chi connectivity index (χ4n) is 2.54. The molecule has 0 radical (unpaired) electrons. The molecule has 3 aromatic rings. The molecular weight excluding hydrogens is 487 g/mol. The van der Waals surface area contributed by atoms with Crippen molar-refractivity contribution in [3.63, 3.8) is 0 Å². The Hall–Kier alpha value is -2.85. The van der Waals surface area contributed by atoms with Crippen LogP contribution in [0.25, 0.3) is 0 Å². The van der Waals surface area contributed by atoms with Gasteiger partial charge in [0.25, 0.3) is 5.91 Å². The Morgan fingerprint density at radius 1 is 0.906 bits per heavy atom. The predicted octanol–water partition coefficient (Wildman–Crippen LogP) is 7.46. The lowest BCUT2D eigenvalue weighted by Crippen LogP contribution is -2.15. The van der Waals surface area contributed by atoms with E-state index in [-0.39, 0.29) is 35.0 Å². The second kappa shape index (κ2) is 8.95. The van der Waals surface area contributed by atoms with E-state index in [1.54, 1.807) is 0 Å². The third-order valence-corrected chi connectivity index (χ3v) is 4.53. The van der Waals surface area contributed by atoms with Crippen molar-refractivity contribution in [2.45, 2.75) is 19.0 Å². The lowest BCUT2D eigenvalue weighted by molar-refractivity contribution is -0.143. The summed E-state index contributed by atoms with van der Waals surface area (Å²) in [5.41, 5.74) is -3.81. The highest BCUT2D eigenvalue weighted by Crippen LogP contribution is 2.37. The molecule has 1 aromatic heterocycles. The number of alkyl halides is 6. The zero-order valence-corrected chi connectivity index (χ0v) is 17.1. The molecule has 0 fully saturated rings. The number of benzene rings is 2. The SMILES string of the molecule is O=C(Nc1cc(C(F)(F)F)cc(C(F)(F)F)c1)c1ccc(COc2ccc(Cl)cc2Cl)o1. The van der Waals surface area contributed by atoms with Crippen LogP contribution in [0.15, 0.2) is 52.9 Å². The summed E-state index contributed by atoms with van der Waals surface area (Å²) >= 11 is 11.7. The molecule has 0 bridgehead atoms. The van der Waals surface area contributed by atoms with Crippen molar-refractivity contribution in [1.82, 2.24) is 0 Å². The van der Waals surface area contributed by atoms with Crippen molar-refractivity contribution in [3.05, 3.63) is 81.2 Å². The smallest absolute Gasteiger partial charge is 0.416 e. The lowest BCUT2D eigenvalue weighted by atomic mass is 10.1. The van der Waals surface area contributed by atoms with Crippen LogP contribution in [0.1, 0.15) is 27.4 Å². The molecule has 4 nitrogen and oxygen atoms in total. The number of ether oxygens (including phenoxy) is 1. The summed E-state index contributed by atoms with van der Waals surface area (Å²) < 4.78 is 88.4. The fourth-order valence-corrected chi connectivity index (χ4v) is 3.00. The molecule has 0 aliphatic rings. The van der Waals surface area contributed by atoms with E-state index in [4.69, 9.17) is 32.4 Å². The van der Waals surface area contributed by atoms with E-state index in [0.717, 1.165) is 0 Å². The zero-order valence-electron chi connectivity index (χ0n) is 15.6. The Balaban J connectivity index is 1.74. The first-order chi connectivity index (χ1) is 14.8. The standard InChI is InChI=1S/C20H11Cl2F6NO3/c21-12-1-3-16(15(22)8-12)31-9-14-2-4-17(32-14)18(30)29-13-6-10(19(23,24)25)5-11(7-13)20(26,27)28/h1-8H,9H2,(H,29,30). The lowest BCUT2D eigenvalue weighted by Gasteiger charge is -2.14. The minimum absolute atomic E-state index is 0.0418. The van der Waals surface area contributed by atoms with Gasteiger partial charge in [-0.2, -0.15) is 26.3 Å². The van der Waals surface area contributed by atoms with Crippen LogP contribution in [0.4, 0.5) is 32.0 Å². The van der Waals surface area contributed by atoms with Gasteiger partial charge in [0.15, 0.2) is 5.76 Å². The second-order valence-electron chi connectivity index (χ2n) is 6.38. The van der Waals surface area contributed by atoms with Gasteiger partial charge in [0.1, 0.15) is 18.1 Å². The van der Waals surface area contributed by atoms with Gasteiger partial charge in [-0.05, 0) is 48.5 Å². The Morgan fingerprint density at radius 3 is 2.09 bits per heavy atom. The van der Waals surface area contributed by atoms with Crippen LogP contribution in [0.2, 0.25) is 10.0 Å². The molecule has 2 aromatic carbocycles. The van der Waals surface area contributed by atoms with E-state index >= 15 is 0 Å². The number of carbonyl (C=O) groups is 1. The number of anilines is 1. The number of halogens is 8. The minimum Gasteiger partial charge on any atom is -0.484 e. The number of amides is 1. The molecule has 3 rings (SSSR count). The van der Waals surface area contributed by atoms with E-state index in [1.807, 2.05) is 5.32 Å². The molecule has 0 aliphatic carbocycles. The van der Waals surface area contributed by atoms with Crippen LogP contribution in [0.5, 0.6) is 5.75 Å². The summed E-state index contributed by atoms with van der Waals surface area (Å²) in [6.07, 6.45) is -10.1. The van der Waals surface area contributed by atoms with E-state index in [2.05, 4.69) is 0 Å². The first-order valence-corrected chi connectivity index (χ1v) is 9.36. The average molecular weight is 498 g/mol. The maximum Gasteiger partial charge on any atom is 0.416 e. The summed E-state index contributed by atoms with van der Waals surface area (Å²) in [5.74, 6) is -0.965. The first-order valence-electron chi connectivity index (χ1n) is 8.60. The molecule has 1 heterocycles. The van der Waals surface area contributed by atoms with Crippen molar-refractivity contribution in [2.24, 2.45) is 0 Å². The fraction of sp³-hybridized carbons (Fsp3) is 0.150. The highest BCUT2D eigenvalue weighted by Gasteiger charge is 2.37. The Bertz CT molecular complexity index is 1110. The van der Waals surface area contributed by atoms with Crippen molar-refractivity contribution in [2.75, 3.05) is 5.32 Å². The summed E-state index contributed by atoms with van der Waals surface area (Å²) in [7, 11) is 0. The van der Waals surface area contributed by atoms with Gasteiger partial charge in [0.05, 0.1) is 16.1 Å². The average Bonchev–Trinajstić information content (AvgIpc) is 3.15. The van der Waals surface area contributed by atoms with Crippen molar-refractivity contribution < 1.29 is 40.3 Å². The molecule has 32 heavy (non-hydrogen) atoms. The quantitative estimate of drug-likeness (QED) is 0.372. The summed E-state index contributed by atoms with van der Waals surface area (Å²) in [6, 6.07) is 7.78. The number of hydrogen-bond donors (Lipinski definition) is 1. The topological polar surface area (TPSA) is 51.5 Å². The van der Waals surface area contributed by atoms with Crippen LogP contribution in [0.3, 0.4) is 0 Å². The molecule has 0 unspecified atom stereocenters. The number of furan rings is 1. The molecule has 1 N–H and O–H groups in total. The van der Waals surface area contributed by atoms with Gasteiger partial charge >= 0.3 is 12.4 Å². The predicted molar refractivity (Wildman–Crippen MR) is 104 cm³/mol. The maximum atomic E-state index is 12.9. The minimum atomic E-state index is -5.04. The van der Waals surface area contributed by atoms with Crippen LogP contribution in [-0.2, 0) is 19.0 Å². The summed E-state index contributed by atoms with van der Waals surface area (Å²) in [4.78, 5) is 12.3. The molecular formula is C20H11Cl2F6NO3. The molecule has 0 aliphatic heterocycles. The largest absolute Gasteiger partial charge is 0.484 e. The number of nitrogens with one attached hydrogen (secondary N) is 1. The van der Waals surface area contributed by atoms with E-state index in [9.17, 15) is 31.1 Å². The van der Waals surface area contributed by atoms with E-state index in [1.165, 1.54) is 30.3 Å². The Labute approximate surface area is 186 Å². The Morgan fingerprint density at radius 2 is 1.53 bits per heavy atom. The van der Waals surface area contributed by atoms with Gasteiger partial charge in [0.2, 0.25) is 0 Å². The molecule has 0 saturated carbocycles. The zero-order chi connectivity index (χ0) is 23.7. The normalized spacial score (nSPS) is 12.0. The molecule has 12 heteroatoms. The van der Waals surface area contributed by atoms with Gasteiger partial charge in [-0.3, -0.25) is 4.79 Å². The number of hydrogen-bond acceptors (Lipinski definition) is 3. The molecule has 0 atom stereocenters. The van der Waals surface area contributed by atoms with Crippen molar-refractivity contribution >= 4 is 34.8 Å². The second-order valence-corrected chi connectivity index (χ2v) is 7.22. The maximum absolute atomic E-state index is 12.9. The molecule has 0 spiro atoms. The third-order valence-electron chi connectivity index (χ3n) is 3.99. The monoisotopic (exact) mass is 497 g/mol. The third kappa shape index (κ3) is 5.89. The highest BCUT2D eigenvalue weighted by molar-refractivity contribution is 6.35. The van der Waals surface area contributed by atoms with Crippen molar-refractivity contribution in [3.8, 4) is 5.75 Å². The molecule has 0 saturated heterocycles. The van der Waals surface area contributed by atoms with Crippen LogP contribution < -0.4 is 10.1 Å². The molecule has 170 valence electrons. The molecule has 1 amide bonds. The van der Waals surface area contributed by atoms with Crippen molar-refractivity contribution in [1.29, 1.82) is 0 Å².